The van der Waals surface area contributed by atoms with E-state index in [-0.39, 0.29) is 5.54 Å². The van der Waals surface area contributed by atoms with Crippen molar-refractivity contribution in [1.82, 2.24) is 4.57 Å². The van der Waals surface area contributed by atoms with E-state index >= 15 is 0 Å². The fourth-order valence-electron chi connectivity index (χ4n) is 2.11. The van der Waals surface area contributed by atoms with E-state index in [0.717, 1.165) is 0 Å². The molecule has 0 N–H and O–H groups in total. The van der Waals surface area contributed by atoms with Gasteiger partial charge in [0.25, 0.3) is 0 Å². The monoisotopic (exact) mass is 215 g/mol. The lowest BCUT2D eigenvalue weighted by atomic mass is 10.0. The average Bonchev–Trinajstić information content (AvgIpc) is 2.58. The van der Waals surface area contributed by atoms with Gasteiger partial charge in [0, 0.05) is 17.3 Å². The van der Waals surface area contributed by atoms with Gasteiger partial charge in [-0.1, -0.05) is 19.9 Å². The van der Waals surface area contributed by atoms with Crippen LogP contribution in [0.5, 0.6) is 0 Å². The van der Waals surface area contributed by atoms with Gasteiger partial charge in [-0.15, -0.1) is 0 Å². The standard InChI is InChI=1S/C15H21N/c1-11(2)12-6-7-14-13(10-12)8-9-16(14)15(3,4)5/h6-11H,1-5H3. The van der Waals surface area contributed by atoms with Gasteiger partial charge < -0.3 is 4.57 Å². The highest BCUT2D eigenvalue weighted by Crippen LogP contribution is 2.26. The number of aromatic nitrogens is 1. The predicted molar refractivity (Wildman–Crippen MR) is 71.0 cm³/mol. The lowest BCUT2D eigenvalue weighted by molar-refractivity contribution is 0.411. The highest BCUT2D eigenvalue weighted by molar-refractivity contribution is 5.81. The summed E-state index contributed by atoms with van der Waals surface area (Å²) in [6.07, 6.45) is 2.19. The molecule has 16 heavy (non-hydrogen) atoms. The number of hydrogen-bond acceptors (Lipinski definition) is 0. The summed E-state index contributed by atoms with van der Waals surface area (Å²) in [5.41, 5.74) is 2.90. The first-order valence-electron chi connectivity index (χ1n) is 6.01. The minimum Gasteiger partial charge on any atom is -0.342 e. The van der Waals surface area contributed by atoms with Crippen molar-refractivity contribution in [3.63, 3.8) is 0 Å². The summed E-state index contributed by atoms with van der Waals surface area (Å²) in [6.45, 7) is 11.2. The Kier molecular flexibility index (Phi) is 2.57. The van der Waals surface area contributed by atoms with Gasteiger partial charge in [-0.2, -0.15) is 0 Å². The second kappa shape index (κ2) is 3.65. The second-order valence-corrected chi connectivity index (χ2v) is 5.83. The van der Waals surface area contributed by atoms with E-state index in [1.165, 1.54) is 16.5 Å². The van der Waals surface area contributed by atoms with Gasteiger partial charge in [0.05, 0.1) is 0 Å². The third-order valence-electron chi connectivity index (χ3n) is 3.10. The third kappa shape index (κ3) is 1.87. The molecule has 2 rings (SSSR count). The van der Waals surface area contributed by atoms with Crippen LogP contribution < -0.4 is 0 Å². The first kappa shape index (κ1) is 11.3. The number of fused-ring (bicyclic) bond motifs is 1. The molecule has 0 spiro atoms. The maximum Gasteiger partial charge on any atom is 0.0485 e. The Balaban J connectivity index is 2.59. The van der Waals surface area contributed by atoms with Crippen molar-refractivity contribution in [2.45, 2.75) is 46.1 Å². The molecule has 86 valence electrons. The SMILES string of the molecule is CC(C)c1ccc2c(ccn2C(C)(C)C)c1. The van der Waals surface area contributed by atoms with Crippen molar-refractivity contribution in [2.75, 3.05) is 0 Å². The Labute approximate surface area is 98.1 Å². The van der Waals surface area contributed by atoms with Crippen LogP contribution in [0.25, 0.3) is 10.9 Å². The summed E-state index contributed by atoms with van der Waals surface area (Å²) in [5.74, 6) is 0.599. The van der Waals surface area contributed by atoms with Gasteiger partial charge >= 0.3 is 0 Å². The fourth-order valence-corrected chi connectivity index (χ4v) is 2.11. The lowest BCUT2D eigenvalue weighted by Gasteiger charge is -2.22. The molecule has 0 atom stereocenters. The van der Waals surface area contributed by atoms with E-state index < -0.39 is 0 Å². The highest BCUT2D eigenvalue weighted by atomic mass is 15.0. The predicted octanol–water partition coefficient (Wildman–Crippen LogP) is 4.52. The Morgan fingerprint density at radius 3 is 2.31 bits per heavy atom. The third-order valence-corrected chi connectivity index (χ3v) is 3.10. The van der Waals surface area contributed by atoms with Crippen molar-refractivity contribution in [2.24, 2.45) is 0 Å². The first-order valence-corrected chi connectivity index (χ1v) is 6.01. The van der Waals surface area contributed by atoms with Crippen LogP contribution in [0.4, 0.5) is 0 Å². The van der Waals surface area contributed by atoms with Gasteiger partial charge in [-0.3, -0.25) is 0 Å². The van der Waals surface area contributed by atoms with Gasteiger partial charge in [0.1, 0.15) is 0 Å². The minimum absolute atomic E-state index is 0.154. The molecule has 0 radical (unpaired) electrons. The largest absolute Gasteiger partial charge is 0.342 e. The van der Waals surface area contributed by atoms with Gasteiger partial charge in [-0.25, -0.2) is 0 Å². The molecule has 0 saturated carbocycles. The molecule has 0 amide bonds. The number of rotatable bonds is 1. The smallest absolute Gasteiger partial charge is 0.0485 e. The first-order chi connectivity index (χ1) is 7.39. The Hall–Kier alpha value is -1.24. The maximum atomic E-state index is 2.34. The molecule has 1 aromatic carbocycles. The molecule has 0 fully saturated rings. The Morgan fingerprint density at radius 1 is 1.06 bits per heavy atom. The average molecular weight is 215 g/mol. The Bertz CT molecular complexity index is 498. The molecule has 0 aliphatic heterocycles. The van der Waals surface area contributed by atoms with Crippen molar-refractivity contribution < 1.29 is 0 Å². The van der Waals surface area contributed by atoms with E-state index in [1.54, 1.807) is 0 Å². The van der Waals surface area contributed by atoms with Crippen LogP contribution in [0.1, 0.15) is 46.1 Å². The van der Waals surface area contributed by atoms with Crippen LogP contribution in [-0.4, -0.2) is 4.57 Å². The van der Waals surface area contributed by atoms with E-state index in [4.69, 9.17) is 0 Å². The molecule has 1 aromatic heterocycles. The fraction of sp³-hybridized carbons (Fsp3) is 0.467. The molecule has 0 aliphatic carbocycles. The van der Waals surface area contributed by atoms with E-state index in [1.807, 2.05) is 0 Å². The van der Waals surface area contributed by atoms with Gasteiger partial charge in [0.15, 0.2) is 0 Å². The molecule has 1 nitrogen and oxygen atoms in total. The molecule has 0 unspecified atom stereocenters. The van der Waals surface area contributed by atoms with Crippen molar-refractivity contribution in [3.05, 3.63) is 36.0 Å². The number of nitrogens with zero attached hydrogens (tertiary/aromatic N) is 1. The van der Waals surface area contributed by atoms with E-state index in [2.05, 4.69) is 69.6 Å². The second-order valence-electron chi connectivity index (χ2n) is 5.83. The molecule has 0 bridgehead atoms. The zero-order valence-corrected chi connectivity index (χ0v) is 10.9. The van der Waals surface area contributed by atoms with Gasteiger partial charge in [0.2, 0.25) is 0 Å². The van der Waals surface area contributed by atoms with Gasteiger partial charge in [-0.05, 0) is 55.8 Å². The summed E-state index contributed by atoms with van der Waals surface area (Å²) >= 11 is 0. The van der Waals surface area contributed by atoms with Crippen LogP contribution in [0.3, 0.4) is 0 Å². The molecule has 0 aliphatic rings. The van der Waals surface area contributed by atoms with Crippen LogP contribution in [0.15, 0.2) is 30.5 Å². The molecule has 1 heteroatoms. The topological polar surface area (TPSA) is 4.93 Å². The summed E-state index contributed by atoms with van der Waals surface area (Å²) in [7, 11) is 0. The van der Waals surface area contributed by atoms with Crippen LogP contribution in [0.2, 0.25) is 0 Å². The summed E-state index contributed by atoms with van der Waals surface area (Å²) < 4.78 is 2.34. The number of benzene rings is 1. The zero-order valence-electron chi connectivity index (χ0n) is 10.9. The van der Waals surface area contributed by atoms with Crippen LogP contribution in [0, 0.1) is 0 Å². The van der Waals surface area contributed by atoms with Crippen molar-refractivity contribution in [3.8, 4) is 0 Å². The summed E-state index contributed by atoms with van der Waals surface area (Å²) in [6, 6.07) is 9.01. The van der Waals surface area contributed by atoms with Crippen LogP contribution in [-0.2, 0) is 5.54 Å². The summed E-state index contributed by atoms with van der Waals surface area (Å²) in [4.78, 5) is 0. The lowest BCUT2D eigenvalue weighted by Crippen LogP contribution is -2.20. The zero-order chi connectivity index (χ0) is 11.9. The molecule has 1 heterocycles. The summed E-state index contributed by atoms with van der Waals surface area (Å²) in [5, 5.41) is 1.35. The molecular weight excluding hydrogens is 194 g/mol. The van der Waals surface area contributed by atoms with Crippen molar-refractivity contribution in [1.29, 1.82) is 0 Å². The Morgan fingerprint density at radius 2 is 1.75 bits per heavy atom. The molecule has 0 saturated heterocycles. The van der Waals surface area contributed by atoms with E-state index in [9.17, 15) is 0 Å². The molecular formula is C15H21N. The number of hydrogen-bond donors (Lipinski definition) is 0. The van der Waals surface area contributed by atoms with E-state index in [0.29, 0.717) is 5.92 Å². The molecule has 2 aromatic rings. The normalized spacial score (nSPS) is 12.6. The maximum absolute atomic E-state index is 2.34. The van der Waals surface area contributed by atoms with Crippen molar-refractivity contribution >= 4 is 10.9 Å². The highest BCUT2D eigenvalue weighted by Gasteiger charge is 2.15. The quantitative estimate of drug-likeness (QED) is 0.659. The minimum atomic E-state index is 0.154. The van der Waals surface area contributed by atoms with Crippen LogP contribution >= 0.6 is 0 Å².